The smallest absolute Gasteiger partial charge is 0.0863 e. The summed E-state index contributed by atoms with van der Waals surface area (Å²) in [6.07, 6.45) is 2.92. The fourth-order valence-electron chi connectivity index (χ4n) is 0.782. The van der Waals surface area contributed by atoms with Crippen molar-refractivity contribution >= 4 is 0 Å². The number of aliphatic hydroxyl groups is 2. The van der Waals surface area contributed by atoms with E-state index in [-0.39, 0.29) is 13.2 Å². The molecule has 0 rings (SSSR count). The maximum Gasteiger partial charge on any atom is 0.0863 e. The first kappa shape index (κ1) is 10.6. The van der Waals surface area contributed by atoms with E-state index in [1.54, 1.807) is 6.08 Å². The van der Waals surface area contributed by atoms with Crippen LogP contribution < -0.4 is 5.90 Å². The monoisotopic (exact) mass is 161 g/mol. The summed E-state index contributed by atoms with van der Waals surface area (Å²) < 4.78 is 0. The van der Waals surface area contributed by atoms with Gasteiger partial charge in [-0.1, -0.05) is 11.6 Å². The van der Waals surface area contributed by atoms with Crippen LogP contribution in [-0.2, 0) is 4.84 Å². The molecule has 0 aromatic carbocycles. The Morgan fingerprint density at radius 2 is 1.82 bits per heavy atom. The topological polar surface area (TPSA) is 75.7 Å². The molecule has 0 aliphatic carbocycles. The van der Waals surface area contributed by atoms with Gasteiger partial charge in [0.05, 0.1) is 6.61 Å². The summed E-state index contributed by atoms with van der Waals surface area (Å²) in [5, 5.41) is 17.1. The van der Waals surface area contributed by atoms with E-state index in [1.165, 1.54) is 0 Å². The standard InChI is InChI=1S/C7H15NO3/c8-11-6-3-7(1-4-9)2-5-10/h3,9-10H,1-2,4-6,8H2. The summed E-state index contributed by atoms with van der Waals surface area (Å²) in [5.41, 5.74) is 0.973. The van der Waals surface area contributed by atoms with Gasteiger partial charge < -0.3 is 15.1 Å². The van der Waals surface area contributed by atoms with Gasteiger partial charge in [0, 0.05) is 13.2 Å². The van der Waals surface area contributed by atoms with Crippen molar-refractivity contribution in [3.05, 3.63) is 11.6 Å². The van der Waals surface area contributed by atoms with Crippen LogP contribution in [0.4, 0.5) is 0 Å². The lowest BCUT2D eigenvalue weighted by Gasteiger charge is -2.02. The first-order valence-corrected chi connectivity index (χ1v) is 3.56. The summed E-state index contributed by atoms with van der Waals surface area (Å²) in [6.45, 7) is 0.516. The third-order valence-electron chi connectivity index (χ3n) is 1.33. The van der Waals surface area contributed by atoms with E-state index in [2.05, 4.69) is 4.84 Å². The highest BCUT2D eigenvalue weighted by atomic mass is 16.6. The van der Waals surface area contributed by atoms with Crippen LogP contribution >= 0.6 is 0 Å². The van der Waals surface area contributed by atoms with Crippen LogP contribution in [0.3, 0.4) is 0 Å². The molecule has 4 nitrogen and oxygen atoms in total. The van der Waals surface area contributed by atoms with Crippen LogP contribution in [0.15, 0.2) is 11.6 Å². The second-order valence-electron chi connectivity index (χ2n) is 2.14. The molecule has 0 aliphatic heterocycles. The molecular weight excluding hydrogens is 146 g/mol. The van der Waals surface area contributed by atoms with E-state index in [0.717, 1.165) is 5.57 Å². The lowest BCUT2D eigenvalue weighted by molar-refractivity contribution is 0.166. The molecule has 0 spiro atoms. The summed E-state index contributed by atoms with van der Waals surface area (Å²) in [6, 6.07) is 0. The normalized spacial score (nSPS) is 9.73. The molecule has 0 atom stereocenters. The molecule has 0 fully saturated rings. The Hall–Kier alpha value is -0.420. The van der Waals surface area contributed by atoms with E-state index in [1.807, 2.05) is 0 Å². The van der Waals surface area contributed by atoms with Gasteiger partial charge in [-0.15, -0.1) is 0 Å². The Morgan fingerprint density at radius 1 is 1.27 bits per heavy atom. The van der Waals surface area contributed by atoms with E-state index in [9.17, 15) is 0 Å². The molecule has 0 aromatic heterocycles. The third-order valence-corrected chi connectivity index (χ3v) is 1.33. The molecule has 0 bridgehead atoms. The van der Waals surface area contributed by atoms with Crippen molar-refractivity contribution in [3.8, 4) is 0 Å². The van der Waals surface area contributed by atoms with Crippen molar-refractivity contribution < 1.29 is 15.1 Å². The molecule has 66 valence electrons. The first-order valence-electron chi connectivity index (χ1n) is 3.56. The summed E-state index contributed by atoms with van der Waals surface area (Å²) in [7, 11) is 0. The van der Waals surface area contributed by atoms with Crippen LogP contribution in [0.1, 0.15) is 12.8 Å². The van der Waals surface area contributed by atoms with Gasteiger partial charge in [-0.25, -0.2) is 5.90 Å². The van der Waals surface area contributed by atoms with Crippen molar-refractivity contribution in [1.82, 2.24) is 0 Å². The quantitative estimate of drug-likeness (QED) is 0.365. The molecule has 0 heterocycles. The molecular formula is C7H15NO3. The number of aliphatic hydroxyl groups excluding tert-OH is 2. The Morgan fingerprint density at radius 3 is 2.18 bits per heavy atom. The highest BCUT2D eigenvalue weighted by Gasteiger charge is 1.94. The SMILES string of the molecule is NOCC=C(CCO)CCO. The van der Waals surface area contributed by atoms with E-state index in [4.69, 9.17) is 16.1 Å². The zero-order valence-corrected chi connectivity index (χ0v) is 6.49. The van der Waals surface area contributed by atoms with Gasteiger partial charge in [0.25, 0.3) is 0 Å². The van der Waals surface area contributed by atoms with E-state index in [0.29, 0.717) is 19.4 Å². The summed E-state index contributed by atoms with van der Waals surface area (Å²) >= 11 is 0. The molecule has 0 radical (unpaired) electrons. The average molecular weight is 161 g/mol. The summed E-state index contributed by atoms with van der Waals surface area (Å²) in [4.78, 5) is 4.33. The van der Waals surface area contributed by atoms with Crippen molar-refractivity contribution in [2.24, 2.45) is 5.90 Å². The maximum atomic E-state index is 8.57. The number of hydrogen-bond acceptors (Lipinski definition) is 4. The predicted molar refractivity (Wildman–Crippen MR) is 41.6 cm³/mol. The number of hydrogen-bond donors (Lipinski definition) is 3. The Balaban J connectivity index is 3.66. The molecule has 0 saturated carbocycles. The molecule has 4 N–H and O–H groups in total. The minimum atomic E-state index is 0.0937. The van der Waals surface area contributed by atoms with E-state index >= 15 is 0 Å². The molecule has 0 aromatic rings. The fourth-order valence-corrected chi connectivity index (χ4v) is 0.782. The third kappa shape index (κ3) is 6.00. The number of rotatable bonds is 6. The first-order chi connectivity index (χ1) is 5.35. The van der Waals surface area contributed by atoms with Gasteiger partial charge in [-0.05, 0) is 12.8 Å². The molecule has 0 saturated heterocycles. The molecule has 0 amide bonds. The van der Waals surface area contributed by atoms with Gasteiger partial charge in [0.1, 0.15) is 0 Å². The average Bonchev–Trinajstić information content (AvgIpc) is 2.01. The molecule has 11 heavy (non-hydrogen) atoms. The van der Waals surface area contributed by atoms with Crippen LogP contribution in [-0.4, -0.2) is 30.0 Å². The van der Waals surface area contributed by atoms with Crippen LogP contribution in [0.2, 0.25) is 0 Å². The maximum absolute atomic E-state index is 8.57. The minimum absolute atomic E-state index is 0.0937. The second kappa shape index (κ2) is 7.68. The Kier molecular flexibility index (Phi) is 7.39. The highest BCUT2D eigenvalue weighted by molar-refractivity contribution is 5.01. The van der Waals surface area contributed by atoms with Gasteiger partial charge >= 0.3 is 0 Å². The van der Waals surface area contributed by atoms with Gasteiger partial charge in [0.15, 0.2) is 0 Å². The second-order valence-corrected chi connectivity index (χ2v) is 2.14. The molecule has 4 heteroatoms. The zero-order chi connectivity index (χ0) is 8.53. The lowest BCUT2D eigenvalue weighted by atomic mass is 10.1. The van der Waals surface area contributed by atoms with Gasteiger partial charge in [-0.2, -0.15) is 0 Å². The van der Waals surface area contributed by atoms with Crippen molar-refractivity contribution in [1.29, 1.82) is 0 Å². The van der Waals surface area contributed by atoms with Gasteiger partial charge in [0.2, 0.25) is 0 Å². The minimum Gasteiger partial charge on any atom is -0.396 e. The Labute approximate surface area is 66.2 Å². The molecule has 0 unspecified atom stereocenters. The van der Waals surface area contributed by atoms with Gasteiger partial charge in [-0.3, -0.25) is 0 Å². The van der Waals surface area contributed by atoms with Crippen LogP contribution in [0.25, 0.3) is 0 Å². The zero-order valence-electron chi connectivity index (χ0n) is 6.49. The fraction of sp³-hybridized carbons (Fsp3) is 0.714. The molecule has 0 aliphatic rings. The van der Waals surface area contributed by atoms with E-state index < -0.39 is 0 Å². The van der Waals surface area contributed by atoms with Crippen molar-refractivity contribution in [2.45, 2.75) is 12.8 Å². The van der Waals surface area contributed by atoms with Crippen molar-refractivity contribution in [2.75, 3.05) is 19.8 Å². The Bertz CT molecular complexity index is 106. The summed E-state index contributed by atoms with van der Waals surface area (Å²) in [5.74, 6) is 4.80. The van der Waals surface area contributed by atoms with Crippen LogP contribution in [0.5, 0.6) is 0 Å². The highest BCUT2D eigenvalue weighted by Crippen LogP contribution is 2.04. The van der Waals surface area contributed by atoms with Crippen molar-refractivity contribution in [3.63, 3.8) is 0 Å². The lowest BCUT2D eigenvalue weighted by Crippen LogP contribution is -2.00. The number of nitrogens with two attached hydrogens (primary N) is 1. The largest absolute Gasteiger partial charge is 0.396 e. The predicted octanol–water partition coefficient (Wildman–Crippen LogP) is -0.432. The van der Waals surface area contributed by atoms with Crippen LogP contribution in [0, 0.1) is 0 Å².